The molecule has 1 aliphatic rings. The highest BCUT2D eigenvalue weighted by molar-refractivity contribution is 5.87. The van der Waals surface area contributed by atoms with Gasteiger partial charge in [-0.25, -0.2) is 4.79 Å². The number of carboxylic acid groups (broad SMARTS) is 1. The van der Waals surface area contributed by atoms with Crippen molar-refractivity contribution in [1.29, 1.82) is 0 Å². The van der Waals surface area contributed by atoms with Gasteiger partial charge in [0.05, 0.1) is 0 Å². The summed E-state index contributed by atoms with van der Waals surface area (Å²) in [5.41, 5.74) is 0.359. The number of hydrogen-bond donors (Lipinski definition) is 1. The van der Waals surface area contributed by atoms with Crippen LogP contribution in [0.5, 0.6) is 0 Å². The van der Waals surface area contributed by atoms with E-state index in [-0.39, 0.29) is 5.41 Å². The lowest BCUT2D eigenvalue weighted by atomic mass is 9.63. The van der Waals surface area contributed by atoms with Crippen LogP contribution < -0.4 is 0 Å². The van der Waals surface area contributed by atoms with Gasteiger partial charge in [0.25, 0.3) is 0 Å². The van der Waals surface area contributed by atoms with Crippen LogP contribution in [0.2, 0.25) is 0 Å². The van der Waals surface area contributed by atoms with Gasteiger partial charge in [0, 0.05) is 11.0 Å². The van der Waals surface area contributed by atoms with Crippen molar-refractivity contribution in [3.8, 4) is 0 Å². The molecular formula is C9H14O2. The topological polar surface area (TPSA) is 37.3 Å². The van der Waals surface area contributed by atoms with Crippen molar-refractivity contribution in [2.75, 3.05) is 0 Å². The molecule has 11 heavy (non-hydrogen) atoms. The van der Waals surface area contributed by atoms with Crippen LogP contribution in [0.3, 0.4) is 0 Å². The van der Waals surface area contributed by atoms with E-state index in [0.717, 1.165) is 25.7 Å². The average molecular weight is 154 g/mol. The Kier molecular flexibility index (Phi) is 2.03. The SMILES string of the molecule is C=C(C(=O)O)C1(CC)CCC1. The highest BCUT2D eigenvalue weighted by Gasteiger charge is 2.40. The van der Waals surface area contributed by atoms with Gasteiger partial charge in [-0.3, -0.25) is 0 Å². The molecule has 2 nitrogen and oxygen atoms in total. The van der Waals surface area contributed by atoms with Gasteiger partial charge in [0.15, 0.2) is 0 Å². The summed E-state index contributed by atoms with van der Waals surface area (Å²) in [6.45, 7) is 5.65. The van der Waals surface area contributed by atoms with E-state index in [9.17, 15) is 4.79 Å². The van der Waals surface area contributed by atoms with Crippen molar-refractivity contribution in [1.82, 2.24) is 0 Å². The Hall–Kier alpha value is -0.790. The Bertz CT molecular complexity index is 184. The Morgan fingerprint density at radius 1 is 1.64 bits per heavy atom. The van der Waals surface area contributed by atoms with Crippen LogP contribution in [0.1, 0.15) is 32.6 Å². The molecule has 1 saturated carbocycles. The summed E-state index contributed by atoms with van der Waals surface area (Å²) < 4.78 is 0. The van der Waals surface area contributed by atoms with Gasteiger partial charge in [-0.1, -0.05) is 19.9 Å². The zero-order valence-electron chi connectivity index (χ0n) is 6.89. The maximum Gasteiger partial charge on any atom is 0.331 e. The Morgan fingerprint density at radius 2 is 2.18 bits per heavy atom. The number of aliphatic carboxylic acids is 1. The zero-order valence-corrected chi connectivity index (χ0v) is 6.89. The minimum absolute atomic E-state index is 0.0498. The Balaban J connectivity index is 2.70. The van der Waals surface area contributed by atoms with E-state index < -0.39 is 5.97 Å². The third kappa shape index (κ3) is 1.17. The van der Waals surface area contributed by atoms with Gasteiger partial charge in [0.2, 0.25) is 0 Å². The fourth-order valence-electron chi connectivity index (χ4n) is 1.70. The van der Waals surface area contributed by atoms with Crippen LogP contribution >= 0.6 is 0 Å². The number of carbonyl (C=O) groups is 1. The summed E-state index contributed by atoms with van der Waals surface area (Å²) in [5, 5.41) is 8.71. The van der Waals surface area contributed by atoms with E-state index in [1.807, 2.05) is 6.92 Å². The first-order valence-corrected chi connectivity index (χ1v) is 4.05. The van der Waals surface area contributed by atoms with Crippen LogP contribution in [0.15, 0.2) is 12.2 Å². The first-order valence-electron chi connectivity index (χ1n) is 4.05. The van der Waals surface area contributed by atoms with E-state index in [2.05, 4.69) is 6.58 Å². The van der Waals surface area contributed by atoms with Crippen molar-refractivity contribution in [3.63, 3.8) is 0 Å². The van der Waals surface area contributed by atoms with Crippen LogP contribution in [0.25, 0.3) is 0 Å². The highest BCUT2D eigenvalue weighted by atomic mass is 16.4. The molecule has 0 aromatic heterocycles. The highest BCUT2D eigenvalue weighted by Crippen LogP contribution is 2.48. The minimum atomic E-state index is -0.827. The molecule has 0 aromatic rings. The predicted octanol–water partition coefficient (Wildman–Crippen LogP) is 2.21. The standard InChI is InChI=1S/C9H14O2/c1-3-9(5-4-6-9)7(2)8(10)11/h2-6H2,1H3,(H,10,11). The van der Waals surface area contributed by atoms with Crippen molar-refractivity contribution < 1.29 is 9.90 Å². The van der Waals surface area contributed by atoms with Crippen molar-refractivity contribution in [2.45, 2.75) is 32.6 Å². The Labute approximate surface area is 66.9 Å². The smallest absolute Gasteiger partial charge is 0.331 e. The molecule has 1 fully saturated rings. The minimum Gasteiger partial charge on any atom is -0.478 e. The molecule has 2 heteroatoms. The molecule has 1 N–H and O–H groups in total. The van der Waals surface area contributed by atoms with Crippen LogP contribution in [0.4, 0.5) is 0 Å². The number of hydrogen-bond acceptors (Lipinski definition) is 1. The van der Waals surface area contributed by atoms with Crippen LogP contribution in [-0.4, -0.2) is 11.1 Å². The second-order valence-electron chi connectivity index (χ2n) is 3.27. The molecule has 0 bridgehead atoms. The van der Waals surface area contributed by atoms with Gasteiger partial charge in [-0.15, -0.1) is 0 Å². The average Bonchev–Trinajstić information content (AvgIpc) is 1.86. The molecule has 0 spiro atoms. The molecule has 1 rings (SSSR count). The summed E-state index contributed by atoms with van der Waals surface area (Å²) in [4.78, 5) is 10.6. The van der Waals surface area contributed by atoms with E-state index in [4.69, 9.17) is 5.11 Å². The van der Waals surface area contributed by atoms with Crippen LogP contribution in [0, 0.1) is 5.41 Å². The number of rotatable bonds is 3. The molecule has 0 amide bonds. The predicted molar refractivity (Wildman–Crippen MR) is 43.4 cm³/mol. The van der Waals surface area contributed by atoms with Gasteiger partial charge in [-0.05, 0) is 19.3 Å². The van der Waals surface area contributed by atoms with Crippen molar-refractivity contribution in [2.24, 2.45) is 5.41 Å². The molecule has 0 radical (unpaired) electrons. The lowest BCUT2D eigenvalue weighted by molar-refractivity contribution is -0.134. The molecule has 62 valence electrons. The monoisotopic (exact) mass is 154 g/mol. The molecule has 0 aliphatic heterocycles. The third-order valence-corrected chi connectivity index (χ3v) is 2.89. The second-order valence-corrected chi connectivity index (χ2v) is 3.27. The summed E-state index contributed by atoms with van der Waals surface area (Å²) in [5.74, 6) is -0.827. The molecule has 1 aliphatic carbocycles. The van der Waals surface area contributed by atoms with E-state index in [1.165, 1.54) is 0 Å². The maximum absolute atomic E-state index is 10.6. The molecule has 0 saturated heterocycles. The van der Waals surface area contributed by atoms with Gasteiger partial charge >= 0.3 is 5.97 Å². The second kappa shape index (κ2) is 2.68. The first-order chi connectivity index (χ1) is 5.12. The number of carboxylic acids is 1. The quantitative estimate of drug-likeness (QED) is 0.633. The lowest BCUT2D eigenvalue weighted by Gasteiger charge is -2.41. The summed E-state index contributed by atoms with van der Waals surface area (Å²) in [7, 11) is 0. The molecule has 0 heterocycles. The van der Waals surface area contributed by atoms with Crippen LogP contribution in [-0.2, 0) is 4.79 Å². The molecule has 0 atom stereocenters. The summed E-state index contributed by atoms with van der Waals surface area (Å²) >= 11 is 0. The van der Waals surface area contributed by atoms with Gasteiger partial charge in [-0.2, -0.15) is 0 Å². The van der Waals surface area contributed by atoms with Crippen molar-refractivity contribution in [3.05, 3.63) is 12.2 Å². The fraction of sp³-hybridized carbons (Fsp3) is 0.667. The van der Waals surface area contributed by atoms with Gasteiger partial charge < -0.3 is 5.11 Å². The van der Waals surface area contributed by atoms with E-state index in [1.54, 1.807) is 0 Å². The van der Waals surface area contributed by atoms with Crippen molar-refractivity contribution >= 4 is 5.97 Å². The Morgan fingerprint density at radius 3 is 2.27 bits per heavy atom. The van der Waals surface area contributed by atoms with E-state index >= 15 is 0 Å². The first kappa shape index (κ1) is 8.31. The molecule has 0 aromatic carbocycles. The molecule has 0 unspecified atom stereocenters. The lowest BCUT2D eigenvalue weighted by Crippen LogP contribution is -2.33. The summed E-state index contributed by atoms with van der Waals surface area (Å²) in [6, 6.07) is 0. The summed E-state index contributed by atoms with van der Waals surface area (Å²) in [6.07, 6.45) is 4.08. The molecular weight excluding hydrogens is 140 g/mol. The largest absolute Gasteiger partial charge is 0.478 e. The van der Waals surface area contributed by atoms with Gasteiger partial charge in [0.1, 0.15) is 0 Å². The maximum atomic E-state index is 10.6. The normalized spacial score (nSPS) is 20.5. The fourth-order valence-corrected chi connectivity index (χ4v) is 1.70. The zero-order chi connectivity index (χ0) is 8.48. The third-order valence-electron chi connectivity index (χ3n) is 2.89. The van der Waals surface area contributed by atoms with E-state index in [0.29, 0.717) is 5.57 Å².